The summed E-state index contributed by atoms with van der Waals surface area (Å²) in [6, 6.07) is 5.27. The topological polar surface area (TPSA) is 107 Å². The quantitative estimate of drug-likeness (QED) is 0.609. The third kappa shape index (κ3) is 3.11. The summed E-state index contributed by atoms with van der Waals surface area (Å²) in [6.07, 6.45) is 0. The average molecular weight is 345 g/mol. The lowest BCUT2D eigenvalue weighted by Gasteiger charge is -2.11. The number of nitrogens with zero attached hydrogens (tertiary/aromatic N) is 5. The summed E-state index contributed by atoms with van der Waals surface area (Å²) in [4.78, 5) is 29.1. The summed E-state index contributed by atoms with van der Waals surface area (Å²) >= 11 is 0. The molecule has 9 nitrogen and oxygen atoms in total. The zero-order valence-corrected chi connectivity index (χ0v) is 13.7. The van der Waals surface area contributed by atoms with Crippen molar-refractivity contribution in [2.24, 2.45) is 7.05 Å². The first kappa shape index (κ1) is 16.7. The van der Waals surface area contributed by atoms with Crippen molar-refractivity contribution in [1.82, 2.24) is 29.6 Å². The van der Waals surface area contributed by atoms with Crippen LogP contribution in [-0.2, 0) is 7.05 Å². The van der Waals surface area contributed by atoms with Gasteiger partial charge in [0.1, 0.15) is 5.82 Å². The molecule has 0 spiro atoms. The summed E-state index contributed by atoms with van der Waals surface area (Å²) in [5.74, 6) is -0.254. The second-order valence-corrected chi connectivity index (χ2v) is 5.30. The second-order valence-electron chi connectivity index (χ2n) is 5.30. The van der Waals surface area contributed by atoms with E-state index in [-0.39, 0.29) is 17.1 Å². The number of aromatic nitrogens is 5. The maximum atomic E-state index is 13.2. The first-order chi connectivity index (χ1) is 12.0. The highest BCUT2D eigenvalue weighted by Crippen LogP contribution is 2.12. The van der Waals surface area contributed by atoms with Crippen LogP contribution in [0.15, 0.2) is 33.9 Å². The van der Waals surface area contributed by atoms with Crippen LogP contribution >= 0.6 is 0 Å². The van der Waals surface area contributed by atoms with E-state index < -0.39 is 17.1 Å². The highest BCUT2D eigenvalue weighted by atomic mass is 19.1. The zero-order chi connectivity index (χ0) is 18.0. The predicted molar refractivity (Wildman–Crippen MR) is 90.5 cm³/mol. The predicted octanol–water partition coefficient (Wildman–Crippen LogP) is -0.355. The fourth-order valence-corrected chi connectivity index (χ4v) is 2.30. The van der Waals surface area contributed by atoms with E-state index in [0.29, 0.717) is 18.8 Å². The van der Waals surface area contributed by atoms with Gasteiger partial charge in [0.05, 0.1) is 5.69 Å². The number of hydrogen-bond acceptors (Lipinski definition) is 7. The van der Waals surface area contributed by atoms with Gasteiger partial charge in [-0.1, -0.05) is 0 Å². The van der Waals surface area contributed by atoms with Crippen molar-refractivity contribution in [2.45, 2.75) is 0 Å². The fourth-order valence-electron chi connectivity index (χ4n) is 2.30. The Morgan fingerprint density at radius 2 is 1.84 bits per heavy atom. The van der Waals surface area contributed by atoms with Crippen molar-refractivity contribution in [1.29, 1.82) is 0 Å². The molecule has 0 radical (unpaired) electrons. The molecule has 0 bridgehead atoms. The minimum Gasteiger partial charge on any atom is -0.352 e. The van der Waals surface area contributed by atoms with Gasteiger partial charge >= 0.3 is 5.69 Å². The third-order valence-corrected chi connectivity index (χ3v) is 3.61. The minimum absolute atomic E-state index is 0.00613. The van der Waals surface area contributed by atoms with E-state index in [1.165, 1.54) is 35.9 Å². The fraction of sp³-hybridized carbons (Fsp3) is 0.267. The summed E-state index contributed by atoms with van der Waals surface area (Å²) in [5.41, 5.74) is -0.827. The van der Waals surface area contributed by atoms with Crippen molar-refractivity contribution in [2.75, 3.05) is 25.5 Å². The van der Waals surface area contributed by atoms with Gasteiger partial charge in [-0.3, -0.25) is 9.36 Å². The number of nitrogens with one attached hydrogen (secondary N) is 2. The lowest BCUT2D eigenvalue weighted by atomic mass is 10.3. The summed E-state index contributed by atoms with van der Waals surface area (Å²) in [6.45, 7) is 1.22. The molecule has 2 heterocycles. The molecule has 25 heavy (non-hydrogen) atoms. The Morgan fingerprint density at radius 1 is 1.12 bits per heavy atom. The Morgan fingerprint density at radius 3 is 2.52 bits per heavy atom. The first-order valence-electron chi connectivity index (χ1n) is 7.54. The molecule has 0 aliphatic carbocycles. The lowest BCUT2D eigenvalue weighted by Crippen LogP contribution is -2.38. The first-order valence-corrected chi connectivity index (χ1v) is 7.54. The number of anilines is 1. The molecule has 0 aliphatic heterocycles. The number of hydrogen-bond donors (Lipinski definition) is 2. The van der Waals surface area contributed by atoms with Crippen LogP contribution in [0, 0.1) is 5.82 Å². The van der Waals surface area contributed by atoms with E-state index in [1.54, 1.807) is 7.05 Å². The van der Waals surface area contributed by atoms with Crippen LogP contribution in [0.1, 0.15) is 0 Å². The van der Waals surface area contributed by atoms with Gasteiger partial charge in [0.15, 0.2) is 11.2 Å². The van der Waals surface area contributed by atoms with E-state index in [0.717, 1.165) is 4.57 Å². The summed E-state index contributed by atoms with van der Waals surface area (Å²) in [7, 11) is 3.15. The van der Waals surface area contributed by atoms with Crippen molar-refractivity contribution in [3.63, 3.8) is 0 Å². The molecule has 3 rings (SSSR count). The highest BCUT2D eigenvalue weighted by molar-refractivity contribution is 5.71. The Labute approximate surface area is 141 Å². The van der Waals surface area contributed by atoms with Crippen molar-refractivity contribution in [3.8, 4) is 5.69 Å². The minimum atomic E-state index is -0.615. The maximum absolute atomic E-state index is 13.2. The normalized spacial score (nSPS) is 11.0. The van der Waals surface area contributed by atoms with Crippen molar-refractivity contribution < 1.29 is 4.39 Å². The Bertz CT molecular complexity index is 1030. The van der Waals surface area contributed by atoms with Gasteiger partial charge < -0.3 is 10.6 Å². The molecular weight excluding hydrogens is 329 g/mol. The molecule has 0 saturated heterocycles. The van der Waals surface area contributed by atoms with Crippen LogP contribution in [0.3, 0.4) is 0 Å². The van der Waals surface area contributed by atoms with Gasteiger partial charge in [-0.25, -0.2) is 18.7 Å². The van der Waals surface area contributed by atoms with Gasteiger partial charge in [-0.2, -0.15) is 0 Å². The molecule has 0 unspecified atom stereocenters. The number of halogens is 1. The maximum Gasteiger partial charge on any atom is 0.337 e. The highest BCUT2D eigenvalue weighted by Gasteiger charge is 2.16. The third-order valence-electron chi connectivity index (χ3n) is 3.61. The van der Waals surface area contributed by atoms with Gasteiger partial charge in [-0.15, -0.1) is 10.2 Å². The summed E-state index contributed by atoms with van der Waals surface area (Å²) < 4.78 is 15.3. The van der Waals surface area contributed by atoms with E-state index >= 15 is 0 Å². The van der Waals surface area contributed by atoms with Gasteiger partial charge in [0.2, 0.25) is 5.95 Å². The van der Waals surface area contributed by atoms with Crippen LogP contribution in [0.4, 0.5) is 10.3 Å². The van der Waals surface area contributed by atoms with E-state index in [4.69, 9.17) is 0 Å². The molecule has 2 aromatic heterocycles. The number of fused-ring (bicyclic) bond motifs is 1. The zero-order valence-electron chi connectivity index (χ0n) is 13.7. The standard InChI is InChI=1S/C15H16FN7O2/c1-17-7-8-18-14-19-11-12(20-21-14)23(15(25)22(2)13(11)24)10-5-3-9(16)4-6-10/h3-6,17H,7-8H2,1-2H3,(H,18,19,21). The Balaban J connectivity index is 2.21. The van der Waals surface area contributed by atoms with Crippen molar-refractivity contribution in [3.05, 3.63) is 50.9 Å². The summed E-state index contributed by atoms with van der Waals surface area (Å²) in [5, 5.41) is 13.8. The monoisotopic (exact) mass is 345 g/mol. The molecule has 0 fully saturated rings. The van der Waals surface area contributed by atoms with Gasteiger partial charge in [0, 0.05) is 20.1 Å². The van der Waals surface area contributed by atoms with Gasteiger partial charge in [0.25, 0.3) is 5.56 Å². The van der Waals surface area contributed by atoms with E-state index in [9.17, 15) is 14.0 Å². The number of benzene rings is 1. The molecule has 0 aliphatic rings. The van der Waals surface area contributed by atoms with Gasteiger partial charge in [-0.05, 0) is 31.3 Å². The molecule has 0 saturated carbocycles. The molecular formula is C15H16FN7O2. The van der Waals surface area contributed by atoms with Crippen LogP contribution in [0.25, 0.3) is 16.9 Å². The van der Waals surface area contributed by atoms with E-state index in [2.05, 4.69) is 25.8 Å². The van der Waals surface area contributed by atoms with Crippen LogP contribution in [0.5, 0.6) is 0 Å². The van der Waals surface area contributed by atoms with Crippen molar-refractivity contribution >= 4 is 17.1 Å². The molecule has 3 aromatic rings. The SMILES string of the molecule is CNCCNc1nnc2c(n1)c(=O)n(C)c(=O)n2-c1ccc(F)cc1. The smallest absolute Gasteiger partial charge is 0.337 e. The van der Waals surface area contributed by atoms with Crippen LogP contribution in [0.2, 0.25) is 0 Å². The Kier molecular flexibility index (Phi) is 4.52. The van der Waals surface area contributed by atoms with E-state index in [1.807, 2.05) is 0 Å². The molecule has 130 valence electrons. The molecule has 10 heteroatoms. The van der Waals surface area contributed by atoms with Crippen LogP contribution in [-0.4, -0.2) is 44.5 Å². The molecule has 1 aromatic carbocycles. The number of rotatable bonds is 5. The Hall–Kier alpha value is -3.14. The molecule has 0 atom stereocenters. The van der Waals surface area contributed by atoms with Crippen LogP contribution < -0.4 is 21.9 Å². The largest absolute Gasteiger partial charge is 0.352 e. The lowest BCUT2D eigenvalue weighted by molar-refractivity contribution is 0.627. The molecule has 0 amide bonds. The number of likely N-dealkylation sites (N-methyl/N-ethyl adjacent to an activating group) is 1. The molecule has 2 N–H and O–H groups in total. The second kappa shape index (κ2) is 6.77. The average Bonchev–Trinajstić information content (AvgIpc) is 2.62.